The van der Waals surface area contributed by atoms with Gasteiger partial charge < -0.3 is 21.6 Å². The Morgan fingerprint density at radius 2 is 0.960 bits per heavy atom. The highest BCUT2D eigenvalue weighted by Crippen LogP contribution is 2.14. The average molecular weight is 378 g/mol. The van der Waals surface area contributed by atoms with Crippen molar-refractivity contribution in [1.29, 1.82) is 0 Å². The quantitative estimate of drug-likeness (QED) is 0.200. The molecule has 0 spiro atoms. The summed E-state index contributed by atoms with van der Waals surface area (Å²) in [5, 5.41) is 0. The van der Waals surface area contributed by atoms with Crippen molar-refractivity contribution in [3.8, 4) is 0 Å². The zero-order valence-electron chi connectivity index (χ0n) is 18.1. The maximum atomic E-state index is 6.03. The molecule has 0 aliphatic heterocycles. The molecule has 0 N–H and O–H groups in total. The van der Waals surface area contributed by atoms with Gasteiger partial charge in [0.15, 0.2) is 6.23 Å². The smallest absolute Gasteiger partial charge is 0.192 e. The second-order valence-corrected chi connectivity index (χ2v) is 8.45. The molecule has 0 rings (SSSR count). The van der Waals surface area contributed by atoms with Crippen LogP contribution >= 0.6 is 0 Å². The fourth-order valence-electron chi connectivity index (χ4n) is 3.41. The topological polar surface area (TPSA) is 9.23 Å². The number of hydrogen-bond acceptors (Lipinski definition) is 1. The lowest BCUT2D eigenvalue weighted by Crippen LogP contribution is -3.00. The van der Waals surface area contributed by atoms with Crippen molar-refractivity contribution in [3.05, 3.63) is 0 Å². The van der Waals surface area contributed by atoms with Crippen LogP contribution in [-0.4, -0.2) is 38.5 Å². The molecule has 154 valence electrons. The van der Waals surface area contributed by atoms with Gasteiger partial charge >= 0.3 is 0 Å². The Morgan fingerprint density at radius 3 is 1.28 bits per heavy atom. The van der Waals surface area contributed by atoms with E-state index in [-0.39, 0.29) is 12.4 Å². The fraction of sp³-hybridized carbons (Fsp3) is 1.00. The predicted octanol–water partition coefficient (Wildman–Crippen LogP) is 3.93. The molecular weight excluding hydrogens is 330 g/mol. The molecule has 3 heteroatoms. The summed E-state index contributed by atoms with van der Waals surface area (Å²) in [6, 6.07) is 0. The van der Waals surface area contributed by atoms with E-state index in [1.54, 1.807) is 0 Å². The first-order valence-electron chi connectivity index (χ1n) is 10.9. The van der Waals surface area contributed by atoms with Gasteiger partial charge in [0.2, 0.25) is 0 Å². The minimum atomic E-state index is 0. The van der Waals surface area contributed by atoms with E-state index in [2.05, 4.69) is 35.0 Å². The van der Waals surface area contributed by atoms with E-state index in [9.17, 15) is 0 Å². The van der Waals surface area contributed by atoms with Gasteiger partial charge in [0, 0.05) is 6.42 Å². The van der Waals surface area contributed by atoms with E-state index in [1.165, 1.54) is 89.9 Å². The zero-order chi connectivity index (χ0) is 18.1. The summed E-state index contributed by atoms with van der Waals surface area (Å²) < 4.78 is 6.95. The number of unbranched alkanes of at least 4 members (excludes halogenated alkanes) is 13. The molecule has 0 aromatic carbocycles. The Kier molecular flexibility index (Phi) is 20.8. The van der Waals surface area contributed by atoms with E-state index in [4.69, 9.17) is 4.74 Å². The first-order valence-corrected chi connectivity index (χ1v) is 10.9. The molecular formula is C22H48ClNO. The fourth-order valence-corrected chi connectivity index (χ4v) is 3.41. The van der Waals surface area contributed by atoms with Crippen LogP contribution in [0.5, 0.6) is 0 Å². The molecule has 0 aliphatic carbocycles. The van der Waals surface area contributed by atoms with Crippen LogP contribution in [0.25, 0.3) is 0 Å². The van der Waals surface area contributed by atoms with Gasteiger partial charge in [0.25, 0.3) is 0 Å². The number of rotatable bonds is 18. The van der Waals surface area contributed by atoms with Crippen LogP contribution in [0.3, 0.4) is 0 Å². The molecule has 0 bridgehead atoms. The van der Waals surface area contributed by atoms with Gasteiger partial charge in [-0.25, -0.2) is 0 Å². The molecule has 0 heterocycles. The summed E-state index contributed by atoms with van der Waals surface area (Å²) >= 11 is 0. The summed E-state index contributed by atoms with van der Waals surface area (Å²) in [6.45, 7) is 5.45. The summed E-state index contributed by atoms with van der Waals surface area (Å²) in [5.41, 5.74) is 0. The molecule has 0 fully saturated rings. The van der Waals surface area contributed by atoms with Gasteiger partial charge in [0.1, 0.15) is 0 Å². The summed E-state index contributed by atoms with van der Waals surface area (Å²) in [7, 11) is 6.66. The van der Waals surface area contributed by atoms with Crippen molar-refractivity contribution in [3.63, 3.8) is 0 Å². The molecule has 0 saturated heterocycles. The van der Waals surface area contributed by atoms with Crippen molar-refractivity contribution in [2.45, 2.75) is 116 Å². The van der Waals surface area contributed by atoms with Gasteiger partial charge in [-0.05, 0) is 6.42 Å². The van der Waals surface area contributed by atoms with Crippen LogP contribution in [0.1, 0.15) is 110 Å². The highest BCUT2D eigenvalue weighted by atomic mass is 35.5. The van der Waals surface area contributed by atoms with Crippen molar-refractivity contribution >= 4 is 0 Å². The first-order chi connectivity index (χ1) is 11.5. The van der Waals surface area contributed by atoms with Crippen molar-refractivity contribution in [1.82, 2.24) is 0 Å². The Bertz CT molecular complexity index is 253. The lowest BCUT2D eigenvalue weighted by molar-refractivity contribution is -0.920. The Hall–Kier alpha value is 0.210. The van der Waals surface area contributed by atoms with Gasteiger partial charge in [-0.15, -0.1) is 0 Å². The summed E-state index contributed by atoms with van der Waals surface area (Å²) in [6.07, 6.45) is 21.3. The Balaban J connectivity index is 0. The third kappa shape index (κ3) is 18.8. The van der Waals surface area contributed by atoms with E-state index >= 15 is 0 Å². The Morgan fingerprint density at radius 1 is 0.600 bits per heavy atom. The normalized spacial score (nSPS) is 12.8. The highest BCUT2D eigenvalue weighted by Gasteiger charge is 2.21. The molecule has 0 radical (unpaired) electrons. The second-order valence-electron chi connectivity index (χ2n) is 8.45. The van der Waals surface area contributed by atoms with E-state index in [0.717, 1.165) is 17.5 Å². The highest BCUT2D eigenvalue weighted by molar-refractivity contribution is 4.49. The molecule has 0 aromatic rings. The monoisotopic (exact) mass is 377 g/mol. The molecule has 1 atom stereocenters. The molecule has 0 aromatic heterocycles. The third-order valence-electron chi connectivity index (χ3n) is 5.02. The second kappa shape index (κ2) is 19.0. The van der Waals surface area contributed by atoms with Gasteiger partial charge in [-0.2, -0.15) is 0 Å². The van der Waals surface area contributed by atoms with Crippen LogP contribution in [0.15, 0.2) is 0 Å². The molecule has 0 aliphatic rings. The van der Waals surface area contributed by atoms with E-state index < -0.39 is 0 Å². The molecule has 0 amide bonds. The Labute approximate surface area is 166 Å². The van der Waals surface area contributed by atoms with Crippen LogP contribution in [0.4, 0.5) is 0 Å². The van der Waals surface area contributed by atoms with Crippen molar-refractivity contribution in [2.24, 2.45) is 0 Å². The maximum Gasteiger partial charge on any atom is 0.192 e. The van der Waals surface area contributed by atoms with Crippen molar-refractivity contribution in [2.75, 3.05) is 27.7 Å². The van der Waals surface area contributed by atoms with Crippen molar-refractivity contribution < 1.29 is 21.6 Å². The largest absolute Gasteiger partial charge is 1.00 e. The zero-order valence-corrected chi connectivity index (χ0v) is 18.9. The number of halogens is 1. The molecule has 0 saturated carbocycles. The predicted molar refractivity (Wildman–Crippen MR) is 108 cm³/mol. The van der Waals surface area contributed by atoms with Gasteiger partial charge in [0.05, 0.1) is 27.7 Å². The van der Waals surface area contributed by atoms with Gasteiger partial charge in [-0.1, -0.05) is 97.3 Å². The van der Waals surface area contributed by atoms with Crippen LogP contribution in [0, 0.1) is 0 Å². The van der Waals surface area contributed by atoms with Crippen LogP contribution in [0.2, 0.25) is 0 Å². The summed E-state index contributed by atoms with van der Waals surface area (Å²) in [4.78, 5) is 0. The molecule has 25 heavy (non-hydrogen) atoms. The number of ether oxygens (including phenoxy) is 1. The average Bonchev–Trinajstić information content (AvgIpc) is 2.53. The van der Waals surface area contributed by atoms with Crippen LogP contribution in [-0.2, 0) is 4.74 Å². The molecule has 2 nitrogen and oxygen atoms in total. The van der Waals surface area contributed by atoms with Crippen LogP contribution < -0.4 is 12.4 Å². The minimum Gasteiger partial charge on any atom is -1.00 e. The van der Waals surface area contributed by atoms with E-state index in [1.807, 2.05) is 0 Å². The minimum absolute atomic E-state index is 0. The third-order valence-corrected chi connectivity index (χ3v) is 5.02. The summed E-state index contributed by atoms with van der Waals surface area (Å²) in [5.74, 6) is 0. The van der Waals surface area contributed by atoms with Gasteiger partial charge in [-0.3, -0.25) is 0 Å². The number of quaternary nitrogens is 1. The maximum absolute atomic E-state index is 6.03. The number of hydrogen-bond donors (Lipinski definition) is 0. The van der Waals surface area contributed by atoms with E-state index in [0.29, 0.717) is 6.23 Å². The molecule has 1 unspecified atom stereocenters. The number of nitrogens with zero attached hydrogens (tertiary/aromatic N) is 1. The first kappa shape index (κ1) is 27.4. The standard InChI is InChI=1S/C22H48NO.ClH/c1-6-8-9-10-11-12-13-14-15-16-17-18-19-20-21-24-22(7-2)23(3,4)5;/h22H,6-21H2,1-5H3;1H/q+1;/p-1. The lowest BCUT2D eigenvalue weighted by atomic mass is 10.0. The SMILES string of the molecule is CCCCCCCCCCCCCCCCOC(CC)[N+](C)(C)C.[Cl-]. The lowest BCUT2D eigenvalue weighted by Gasteiger charge is -2.33.